The van der Waals surface area contributed by atoms with E-state index in [0.29, 0.717) is 31.5 Å². The van der Waals surface area contributed by atoms with Crippen LogP contribution in [0.3, 0.4) is 0 Å². The van der Waals surface area contributed by atoms with Gasteiger partial charge in [0.05, 0.1) is 31.3 Å². The van der Waals surface area contributed by atoms with Gasteiger partial charge < -0.3 is 29.5 Å². The van der Waals surface area contributed by atoms with Crippen LogP contribution in [0.2, 0.25) is 0 Å². The standard InChI is InChI=1S/C25H28F2N4O4.ClH/c1-33-17-9-18-24(20(27)12-30-25(18)19(26)10-17)21(32)14-31-4-2-15(3-5-31)28-11-16-8-22-23(13-29-16)35-7-6-34-22;/h8-10,12-13,15,21,28,32H,2-7,11,14H2,1H3;1H/t21-;/m0./s1. The summed E-state index contributed by atoms with van der Waals surface area (Å²) in [4.78, 5) is 10.4. The van der Waals surface area contributed by atoms with Crippen molar-refractivity contribution in [3.05, 3.63) is 53.5 Å². The molecule has 2 aliphatic heterocycles. The van der Waals surface area contributed by atoms with E-state index in [4.69, 9.17) is 14.2 Å². The predicted molar refractivity (Wildman–Crippen MR) is 132 cm³/mol. The smallest absolute Gasteiger partial charge is 0.179 e. The second-order valence-electron chi connectivity index (χ2n) is 8.82. The monoisotopic (exact) mass is 522 g/mol. The fourth-order valence-corrected chi connectivity index (χ4v) is 4.68. The lowest BCUT2D eigenvalue weighted by molar-refractivity contribution is 0.0925. The fourth-order valence-electron chi connectivity index (χ4n) is 4.68. The normalized spacial score (nSPS) is 17.0. The zero-order valence-electron chi connectivity index (χ0n) is 19.9. The van der Waals surface area contributed by atoms with E-state index in [1.54, 1.807) is 6.20 Å². The topological polar surface area (TPSA) is 89.0 Å². The maximum absolute atomic E-state index is 14.7. The minimum absolute atomic E-state index is 0. The number of likely N-dealkylation sites (tertiary alicyclic amines) is 1. The second kappa shape index (κ2) is 11.5. The Kier molecular flexibility index (Phi) is 8.40. The van der Waals surface area contributed by atoms with E-state index in [1.165, 1.54) is 19.2 Å². The van der Waals surface area contributed by atoms with Crippen LogP contribution >= 0.6 is 12.4 Å². The van der Waals surface area contributed by atoms with Gasteiger partial charge in [-0.05, 0) is 32.0 Å². The van der Waals surface area contributed by atoms with Crippen LogP contribution < -0.4 is 19.5 Å². The Morgan fingerprint density at radius 2 is 1.83 bits per heavy atom. The molecule has 36 heavy (non-hydrogen) atoms. The first-order chi connectivity index (χ1) is 17.0. The summed E-state index contributed by atoms with van der Waals surface area (Å²) in [6.07, 6.45) is 3.27. The third-order valence-electron chi connectivity index (χ3n) is 6.54. The number of rotatable bonds is 7. The summed E-state index contributed by atoms with van der Waals surface area (Å²) in [6.45, 7) is 3.42. The Morgan fingerprint density at radius 1 is 1.08 bits per heavy atom. The van der Waals surface area contributed by atoms with Gasteiger partial charge in [-0.3, -0.25) is 9.97 Å². The zero-order valence-corrected chi connectivity index (χ0v) is 20.7. The number of fused-ring (bicyclic) bond motifs is 2. The molecule has 2 N–H and O–H groups in total. The lowest BCUT2D eigenvalue weighted by atomic mass is 10.00. The van der Waals surface area contributed by atoms with Gasteiger partial charge in [0, 0.05) is 42.2 Å². The Morgan fingerprint density at radius 3 is 2.58 bits per heavy atom. The maximum atomic E-state index is 14.7. The summed E-state index contributed by atoms with van der Waals surface area (Å²) in [5, 5.41) is 14.7. The number of β-amino-alcohol motifs (C(OH)–C–C–N with tert-alkyl or cyclic N) is 1. The molecule has 2 aliphatic rings. The van der Waals surface area contributed by atoms with Gasteiger partial charge in [0.2, 0.25) is 0 Å². The van der Waals surface area contributed by atoms with Gasteiger partial charge >= 0.3 is 0 Å². The van der Waals surface area contributed by atoms with Crippen LogP contribution in [-0.2, 0) is 6.54 Å². The van der Waals surface area contributed by atoms with Crippen molar-refractivity contribution < 1.29 is 28.1 Å². The van der Waals surface area contributed by atoms with Gasteiger partial charge in [-0.15, -0.1) is 12.4 Å². The van der Waals surface area contributed by atoms with Crippen LogP contribution in [0.1, 0.15) is 30.2 Å². The average molecular weight is 523 g/mol. The van der Waals surface area contributed by atoms with E-state index in [-0.39, 0.29) is 41.2 Å². The third-order valence-corrected chi connectivity index (χ3v) is 6.54. The quantitative estimate of drug-likeness (QED) is 0.488. The van der Waals surface area contributed by atoms with Crippen molar-refractivity contribution in [2.45, 2.75) is 31.5 Å². The van der Waals surface area contributed by atoms with Gasteiger partial charge in [0.1, 0.15) is 30.3 Å². The molecule has 0 unspecified atom stereocenters. The van der Waals surface area contributed by atoms with Gasteiger partial charge in [-0.1, -0.05) is 0 Å². The number of hydrogen-bond donors (Lipinski definition) is 2. The van der Waals surface area contributed by atoms with E-state index < -0.39 is 17.7 Å². The number of nitrogens with zero attached hydrogens (tertiary/aromatic N) is 3. The first kappa shape index (κ1) is 26.3. The van der Waals surface area contributed by atoms with E-state index >= 15 is 0 Å². The van der Waals surface area contributed by atoms with Gasteiger partial charge in [0.15, 0.2) is 17.3 Å². The molecule has 194 valence electrons. The fraction of sp³-hybridized carbons (Fsp3) is 0.440. The van der Waals surface area contributed by atoms with Crippen molar-refractivity contribution in [1.29, 1.82) is 0 Å². The summed E-state index contributed by atoms with van der Waals surface area (Å²) >= 11 is 0. The second-order valence-corrected chi connectivity index (χ2v) is 8.82. The molecule has 4 heterocycles. The number of benzene rings is 1. The Bertz CT molecular complexity index is 1210. The highest BCUT2D eigenvalue weighted by Gasteiger charge is 2.25. The first-order valence-electron chi connectivity index (χ1n) is 11.7. The highest BCUT2D eigenvalue weighted by atomic mass is 35.5. The highest BCUT2D eigenvalue weighted by molar-refractivity contribution is 5.85. The lowest BCUT2D eigenvalue weighted by Gasteiger charge is -2.33. The number of halogens is 3. The molecule has 1 saturated heterocycles. The highest BCUT2D eigenvalue weighted by Crippen LogP contribution is 2.32. The van der Waals surface area contributed by atoms with Crippen LogP contribution in [0.15, 0.2) is 30.6 Å². The van der Waals surface area contributed by atoms with Crippen molar-refractivity contribution >= 4 is 23.3 Å². The van der Waals surface area contributed by atoms with E-state index in [0.717, 1.165) is 43.6 Å². The average Bonchev–Trinajstić information content (AvgIpc) is 2.87. The zero-order chi connectivity index (χ0) is 24.4. The number of aliphatic hydroxyl groups excluding tert-OH is 1. The number of methoxy groups -OCH3 is 1. The molecule has 0 amide bonds. The maximum Gasteiger partial charge on any atom is 0.179 e. The van der Waals surface area contributed by atoms with Gasteiger partial charge in [-0.25, -0.2) is 8.78 Å². The first-order valence-corrected chi connectivity index (χ1v) is 11.7. The number of aromatic nitrogens is 2. The summed E-state index contributed by atoms with van der Waals surface area (Å²) in [5.74, 6) is 0.357. The largest absolute Gasteiger partial charge is 0.497 e. The van der Waals surface area contributed by atoms with Crippen molar-refractivity contribution in [2.75, 3.05) is 40.0 Å². The van der Waals surface area contributed by atoms with Crippen molar-refractivity contribution in [3.63, 3.8) is 0 Å². The molecule has 1 fully saturated rings. The molecule has 5 rings (SSSR count). The molecule has 11 heteroatoms. The van der Waals surface area contributed by atoms with E-state index in [1.807, 2.05) is 6.07 Å². The summed E-state index contributed by atoms with van der Waals surface area (Å²) < 4.78 is 45.3. The van der Waals surface area contributed by atoms with Gasteiger partial charge in [-0.2, -0.15) is 0 Å². The van der Waals surface area contributed by atoms with Crippen LogP contribution in [0, 0.1) is 11.6 Å². The molecule has 1 aromatic carbocycles. The Labute approximate surface area is 214 Å². The van der Waals surface area contributed by atoms with E-state index in [2.05, 4.69) is 20.2 Å². The number of piperidine rings is 1. The summed E-state index contributed by atoms with van der Waals surface area (Å²) in [6, 6.07) is 4.91. The molecule has 0 saturated carbocycles. The Balaban J connectivity index is 0.00000304. The molecular weight excluding hydrogens is 494 g/mol. The SMILES string of the molecule is COc1cc(F)c2ncc(F)c([C@@H](O)CN3CCC(NCc4cc5c(cn4)OCCO5)CC3)c2c1.Cl. The van der Waals surface area contributed by atoms with Gasteiger partial charge in [0.25, 0.3) is 0 Å². The molecule has 2 aromatic heterocycles. The molecular formula is C25H29ClF2N4O4. The number of aliphatic hydroxyl groups is 1. The van der Waals surface area contributed by atoms with Crippen molar-refractivity contribution in [1.82, 2.24) is 20.2 Å². The number of hydrogen-bond acceptors (Lipinski definition) is 8. The molecule has 0 aliphatic carbocycles. The number of ether oxygens (including phenoxy) is 3. The van der Waals surface area contributed by atoms with Crippen LogP contribution in [0.4, 0.5) is 8.78 Å². The molecule has 0 radical (unpaired) electrons. The van der Waals surface area contributed by atoms with E-state index in [9.17, 15) is 13.9 Å². The minimum Gasteiger partial charge on any atom is -0.497 e. The molecule has 1 atom stereocenters. The molecule has 0 spiro atoms. The minimum atomic E-state index is -1.13. The lowest BCUT2D eigenvalue weighted by Crippen LogP contribution is -2.43. The molecule has 0 bridgehead atoms. The van der Waals surface area contributed by atoms with Crippen LogP contribution in [-0.4, -0.2) is 66.0 Å². The van der Waals surface area contributed by atoms with Crippen molar-refractivity contribution in [2.24, 2.45) is 0 Å². The summed E-state index contributed by atoms with van der Waals surface area (Å²) in [5.41, 5.74) is 0.935. The Hall–Kier alpha value is -2.79. The molecule has 3 aromatic rings. The van der Waals surface area contributed by atoms with Crippen molar-refractivity contribution in [3.8, 4) is 17.2 Å². The number of pyridine rings is 2. The predicted octanol–water partition coefficient (Wildman–Crippen LogP) is 3.40. The molecule has 8 nitrogen and oxygen atoms in total. The third kappa shape index (κ3) is 5.62. The summed E-state index contributed by atoms with van der Waals surface area (Å²) in [7, 11) is 1.41. The van der Waals surface area contributed by atoms with Crippen LogP contribution in [0.5, 0.6) is 17.2 Å². The number of nitrogens with one attached hydrogen (secondary N) is 1. The van der Waals surface area contributed by atoms with Crippen LogP contribution in [0.25, 0.3) is 10.9 Å².